The highest BCUT2D eigenvalue weighted by Crippen LogP contribution is 2.09. The quantitative estimate of drug-likeness (QED) is 0.458. The first-order valence-electron chi connectivity index (χ1n) is 5.90. The van der Waals surface area contributed by atoms with Crippen molar-refractivity contribution < 1.29 is 14.3 Å². The number of hydrogen-bond donors (Lipinski definition) is 3. The van der Waals surface area contributed by atoms with Crippen LogP contribution in [0, 0.1) is 0 Å². The molecule has 0 aromatic heterocycles. The SMILES string of the molecule is CNN(CCCC(N)C(=O)OC(C)(C)C)C(N)=O. The maximum atomic E-state index is 11.6. The number of primary amides is 1. The number of ether oxygens (including phenoxy) is 1. The van der Waals surface area contributed by atoms with Crippen LogP contribution in [0.1, 0.15) is 33.6 Å². The number of carbonyl (C=O) groups excluding carboxylic acids is 2. The molecule has 0 bridgehead atoms. The van der Waals surface area contributed by atoms with Gasteiger partial charge in [0.05, 0.1) is 0 Å². The molecule has 0 spiro atoms. The topological polar surface area (TPSA) is 111 Å². The fourth-order valence-electron chi connectivity index (χ4n) is 1.30. The van der Waals surface area contributed by atoms with Crippen LogP contribution in [0.15, 0.2) is 0 Å². The highest BCUT2D eigenvalue weighted by Gasteiger charge is 2.22. The Morgan fingerprint density at radius 1 is 1.39 bits per heavy atom. The molecule has 0 radical (unpaired) electrons. The van der Waals surface area contributed by atoms with Crippen molar-refractivity contribution in [3.05, 3.63) is 0 Å². The molecule has 0 heterocycles. The fourth-order valence-corrected chi connectivity index (χ4v) is 1.30. The second kappa shape index (κ2) is 7.17. The Morgan fingerprint density at radius 2 is 1.94 bits per heavy atom. The van der Waals surface area contributed by atoms with E-state index in [1.165, 1.54) is 5.01 Å². The minimum Gasteiger partial charge on any atom is -0.459 e. The lowest BCUT2D eigenvalue weighted by Gasteiger charge is -2.23. The number of rotatable bonds is 6. The van der Waals surface area contributed by atoms with Gasteiger partial charge in [-0.05, 0) is 33.6 Å². The van der Waals surface area contributed by atoms with E-state index in [1.807, 2.05) is 0 Å². The van der Waals surface area contributed by atoms with Gasteiger partial charge in [-0.15, -0.1) is 0 Å². The van der Waals surface area contributed by atoms with Crippen LogP contribution in [-0.2, 0) is 9.53 Å². The first-order chi connectivity index (χ1) is 8.17. The average Bonchev–Trinajstić information content (AvgIpc) is 2.20. The minimum absolute atomic E-state index is 0.391. The van der Waals surface area contributed by atoms with Gasteiger partial charge in [0.1, 0.15) is 11.6 Å². The standard InChI is InChI=1S/C11H24N4O3/c1-11(2,3)18-9(16)8(12)6-5-7-15(14-4)10(13)17/h8,14H,5-7,12H2,1-4H3,(H2,13,17). The third kappa shape index (κ3) is 7.08. The van der Waals surface area contributed by atoms with Gasteiger partial charge >= 0.3 is 12.0 Å². The van der Waals surface area contributed by atoms with E-state index in [-0.39, 0.29) is 0 Å². The molecule has 18 heavy (non-hydrogen) atoms. The van der Waals surface area contributed by atoms with Crippen molar-refractivity contribution in [1.82, 2.24) is 10.4 Å². The summed E-state index contributed by atoms with van der Waals surface area (Å²) in [5, 5.41) is 1.25. The molecule has 2 amide bonds. The number of carbonyl (C=O) groups is 2. The molecular formula is C11H24N4O3. The van der Waals surface area contributed by atoms with Crippen molar-refractivity contribution in [3.8, 4) is 0 Å². The normalized spacial score (nSPS) is 12.9. The maximum Gasteiger partial charge on any atom is 0.329 e. The Labute approximate surface area is 108 Å². The molecule has 106 valence electrons. The lowest BCUT2D eigenvalue weighted by atomic mass is 10.1. The molecule has 0 aliphatic heterocycles. The van der Waals surface area contributed by atoms with Crippen LogP contribution in [0.5, 0.6) is 0 Å². The molecule has 0 aromatic rings. The second-order valence-electron chi connectivity index (χ2n) is 5.00. The highest BCUT2D eigenvalue weighted by molar-refractivity contribution is 5.75. The number of urea groups is 1. The fraction of sp³-hybridized carbons (Fsp3) is 0.818. The van der Waals surface area contributed by atoms with Gasteiger partial charge in [-0.3, -0.25) is 9.80 Å². The number of nitrogens with one attached hydrogen (secondary N) is 1. The lowest BCUT2D eigenvalue weighted by molar-refractivity contribution is -0.156. The predicted molar refractivity (Wildman–Crippen MR) is 68.4 cm³/mol. The van der Waals surface area contributed by atoms with Gasteiger partial charge in [-0.2, -0.15) is 0 Å². The van der Waals surface area contributed by atoms with Crippen molar-refractivity contribution in [1.29, 1.82) is 0 Å². The Morgan fingerprint density at radius 3 is 2.33 bits per heavy atom. The molecule has 1 atom stereocenters. The van der Waals surface area contributed by atoms with Crippen LogP contribution in [0.25, 0.3) is 0 Å². The predicted octanol–water partition coefficient (Wildman–Crippen LogP) is -0.0493. The molecule has 1 unspecified atom stereocenters. The van der Waals surface area contributed by atoms with Crippen molar-refractivity contribution >= 4 is 12.0 Å². The number of hydrogen-bond acceptors (Lipinski definition) is 5. The van der Waals surface area contributed by atoms with Gasteiger partial charge in [0, 0.05) is 13.6 Å². The minimum atomic E-state index is -0.684. The van der Waals surface area contributed by atoms with Crippen LogP contribution in [0.3, 0.4) is 0 Å². The lowest BCUT2D eigenvalue weighted by Crippen LogP contribution is -2.45. The molecule has 0 aliphatic rings. The molecule has 7 heteroatoms. The summed E-state index contributed by atoms with van der Waals surface area (Å²) in [5.41, 5.74) is 12.9. The maximum absolute atomic E-state index is 11.6. The van der Waals surface area contributed by atoms with Crippen molar-refractivity contribution in [2.45, 2.75) is 45.3 Å². The monoisotopic (exact) mass is 260 g/mol. The highest BCUT2D eigenvalue weighted by atomic mass is 16.6. The van der Waals surface area contributed by atoms with Crippen LogP contribution >= 0.6 is 0 Å². The zero-order valence-electron chi connectivity index (χ0n) is 11.5. The van der Waals surface area contributed by atoms with E-state index in [0.29, 0.717) is 19.4 Å². The van der Waals surface area contributed by atoms with Crippen molar-refractivity contribution in [3.63, 3.8) is 0 Å². The third-order valence-corrected chi connectivity index (χ3v) is 2.14. The van der Waals surface area contributed by atoms with Gasteiger partial charge < -0.3 is 16.2 Å². The van der Waals surface area contributed by atoms with Crippen LogP contribution < -0.4 is 16.9 Å². The second-order valence-corrected chi connectivity index (χ2v) is 5.00. The number of amides is 2. The molecule has 0 aliphatic carbocycles. The van der Waals surface area contributed by atoms with Gasteiger partial charge in [0.2, 0.25) is 0 Å². The van der Waals surface area contributed by atoms with E-state index in [1.54, 1.807) is 27.8 Å². The van der Waals surface area contributed by atoms with E-state index in [9.17, 15) is 9.59 Å². The molecule has 0 fully saturated rings. The summed E-state index contributed by atoms with van der Waals surface area (Å²) in [6.07, 6.45) is 0.991. The summed E-state index contributed by atoms with van der Waals surface area (Å²) in [5.74, 6) is -0.433. The first-order valence-corrected chi connectivity index (χ1v) is 5.90. The Balaban J connectivity index is 4.00. The van der Waals surface area contributed by atoms with Gasteiger partial charge in [0.15, 0.2) is 0 Å². The van der Waals surface area contributed by atoms with E-state index in [0.717, 1.165) is 0 Å². The number of esters is 1. The molecule has 5 N–H and O–H groups in total. The van der Waals surface area contributed by atoms with Crippen LogP contribution in [0.2, 0.25) is 0 Å². The van der Waals surface area contributed by atoms with Gasteiger partial charge in [0.25, 0.3) is 0 Å². The number of nitrogens with zero attached hydrogens (tertiary/aromatic N) is 1. The summed E-state index contributed by atoms with van der Waals surface area (Å²) in [6, 6.07) is -1.25. The number of hydrazine groups is 1. The summed E-state index contributed by atoms with van der Waals surface area (Å²) in [6.45, 7) is 5.75. The molecule has 7 nitrogen and oxygen atoms in total. The molecular weight excluding hydrogens is 236 g/mol. The Bertz CT molecular complexity index is 289. The summed E-state index contributed by atoms with van der Waals surface area (Å²) in [7, 11) is 1.60. The van der Waals surface area contributed by atoms with Gasteiger partial charge in [-0.25, -0.2) is 10.2 Å². The third-order valence-electron chi connectivity index (χ3n) is 2.14. The van der Waals surface area contributed by atoms with Crippen molar-refractivity contribution in [2.75, 3.05) is 13.6 Å². The van der Waals surface area contributed by atoms with Crippen molar-refractivity contribution in [2.24, 2.45) is 11.5 Å². The van der Waals surface area contributed by atoms with E-state index in [2.05, 4.69) is 5.43 Å². The largest absolute Gasteiger partial charge is 0.459 e. The number of nitrogens with two attached hydrogens (primary N) is 2. The molecule has 0 aromatic carbocycles. The zero-order valence-corrected chi connectivity index (χ0v) is 11.5. The van der Waals surface area contributed by atoms with E-state index in [4.69, 9.17) is 16.2 Å². The molecule has 0 saturated carbocycles. The van der Waals surface area contributed by atoms with E-state index >= 15 is 0 Å². The average molecular weight is 260 g/mol. The summed E-state index contributed by atoms with van der Waals surface area (Å²) < 4.78 is 5.15. The summed E-state index contributed by atoms with van der Waals surface area (Å²) >= 11 is 0. The zero-order chi connectivity index (χ0) is 14.3. The smallest absolute Gasteiger partial charge is 0.329 e. The summed E-state index contributed by atoms with van der Waals surface area (Å²) in [4.78, 5) is 22.5. The Kier molecular flexibility index (Phi) is 6.64. The van der Waals surface area contributed by atoms with Gasteiger partial charge in [-0.1, -0.05) is 0 Å². The van der Waals surface area contributed by atoms with E-state index < -0.39 is 23.6 Å². The van der Waals surface area contributed by atoms with Crippen LogP contribution in [-0.4, -0.2) is 42.2 Å². The Hall–Kier alpha value is -1.34. The first kappa shape index (κ1) is 16.7. The molecule has 0 rings (SSSR count). The van der Waals surface area contributed by atoms with Crippen LogP contribution in [0.4, 0.5) is 4.79 Å². The molecule has 0 saturated heterocycles.